The zero-order valence-corrected chi connectivity index (χ0v) is 18.0. The molecule has 0 radical (unpaired) electrons. The maximum Gasteiger partial charge on any atom is 0.259 e. The molecule has 9 heteroatoms. The van der Waals surface area contributed by atoms with Gasteiger partial charge in [0.2, 0.25) is 5.91 Å². The number of H-pyrrole nitrogens is 1. The summed E-state index contributed by atoms with van der Waals surface area (Å²) in [7, 11) is 0. The molecular formula is C19H17Cl2N3O2S2. The van der Waals surface area contributed by atoms with Crippen LogP contribution in [0.3, 0.4) is 0 Å². The highest BCUT2D eigenvalue weighted by atomic mass is 35.5. The first kappa shape index (κ1) is 19.8. The van der Waals surface area contributed by atoms with E-state index in [0.717, 1.165) is 29.5 Å². The number of hydrogen-bond acceptors (Lipinski definition) is 5. The van der Waals surface area contributed by atoms with E-state index in [9.17, 15) is 9.59 Å². The summed E-state index contributed by atoms with van der Waals surface area (Å²) >= 11 is 15.0. The summed E-state index contributed by atoms with van der Waals surface area (Å²) in [5.41, 5.74) is 1.59. The molecule has 1 aliphatic rings. The zero-order valence-electron chi connectivity index (χ0n) is 14.8. The van der Waals surface area contributed by atoms with Gasteiger partial charge in [0.1, 0.15) is 10.7 Å². The van der Waals surface area contributed by atoms with Gasteiger partial charge < -0.3 is 10.3 Å². The molecule has 2 heterocycles. The van der Waals surface area contributed by atoms with Crippen LogP contribution in [0.1, 0.15) is 29.1 Å². The number of aromatic nitrogens is 2. The van der Waals surface area contributed by atoms with Crippen LogP contribution in [0.15, 0.2) is 23.0 Å². The van der Waals surface area contributed by atoms with Gasteiger partial charge in [-0.1, -0.05) is 23.2 Å². The molecule has 0 saturated heterocycles. The van der Waals surface area contributed by atoms with Crippen molar-refractivity contribution in [2.45, 2.75) is 31.4 Å². The van der Waals surface area contributed by atoms with Gasteiger partial charge in [-0.2, -0.15) is 0 Å². The van der Waals surface area contributed by atoms with E-state index in [1.54, 1.807) is 29.5 Å². The molecule has 1 amide bonds. The van der Waals surface area contributed by atoms with E-state index >= 15 is 0 Å². The van der Waals surface area contributed by atoms with E-state index in [1.807, 2.05) is 0 Å². The molecule has 0 fully saturated rings. The highest BCUT2D eigenvalue weighted by Gasteiger charge is 2.19. The summed E-state index contributed by atoms with van der Waals surface area (Å²) in [6, 6.07) is 4.91. The fourth-order valence-electron chi connectivity index (χ4n) is 3.30. The second-order valence-corrected chi connectivity index (χ2v) is 9.48. The van der Waals surface area contributed by atoms with E-state index in [4.69, 9.17) is 23.2 Å². The standard InChI is InChI=1S/C19H17Cl2N3O2S2/c20-10-5-6-12(21)13(7-10)22-16(25)9-27-8-15-23-18(26)17-11-3-1-2-4-14(11)28-19(17)24-15/h5-7H,1-4,8-9H2,(H,22,25)(H,23,24,26). The van der Waals surface area contributed by atoms with Crippen LogP contribution in [0.4, 0.5) is 5.69 Å². The Morgan fingerprint density at radius 3 is 2.96 bits per heavy atom. The summed E-state index contributed by atoms with van der Waals surface area (Å²) < 4.78 is 0. The average Bonchev–Trinajstić information content (AvgIpc) is 3.03. The number of aromatic amines is 1. The molecule has 0 unspecified atom stereocenters. The molecule has 0 bridgehead atoms. The predicted molar refractivity (Wildman–Crippen MR) is 118 cm³/mol. The zero-order chi connectivity index (χ0) is 19.7. The second-order valence-electron chi connectivity index (χ2n) is 6.57. The van der Waals surface area contributed by atoms with Gasteiger partial charge in [0, 0.05) is 9.90 Å². The van der Waals surface area contributed by atoms with Crippen LogP contribution >= 0.6 is 46.3 Å². The third kappa shape index (κ3) is 4.22. The lowest BCUT2D eigenvalue weighted by Gasteiger charge is -2.09. The Balaban J connectivity index is 1.41. The number of fused-ring (bicyclic) bond motifs is 3. The average molecular weight is 454 g/mol. The van der Waals surface area contributed by atoms with E-state index < -0.39 is 0 Å². The van der Waals surface area contributed by atoms with Crippen LogP contribution in [0.25, 0.3) is 10.2 Å². The number of thioether (sulfide) groups is 1. The lowest BCUT2D eigenvalue weighted by molar-refractivity contribution is -0.113. The Labute approximate surface area is 179 Å². The van der Waals surface area contributed by atoms with Crippen molar-refractivity contribution in [3.8, 4) is 0 Å². The number of thiophene rings is 1. The van der Waals surface area contributed by atoms with Crippen LogP contribution in [-0.2, 0) is 23.4 Å². The predicted octanol–water partition coefficient (Wildman–Crippen LogP) is 5.04. The van der Waals surface area contributed by atoms with E-state index in [-0.39, 0.29) is 17.2 Å². The smallest absolute Gasteiger partial charge is 0.259 e. The number of benzene rings is 1. The van der Waals surface area contributed by atoms with Crippen molar-refractivity contribution in [3.05, 3.63) is 54.9 Å². The van der Waals surface area contributed by atoms with Crippen molar-refractivity contribution in [1.29, 1.82) is 0 Å². The molecule has 5 nitrogen and oxygen atoms in total. The van der Waals surface area contributed by atoms with E-state index in [1.165, 1.54) is 28.6 Å². The quantitative estimate of drug-likeness (QED) is 0.566. The van der Waals surface area contributed by atoms with Crippen molar-refractivity contribution in [1.82, 2.24) is 9.97 Å². The van der Waals surface area contributed by atoms with E-state index in [0.29, 0.717) is 27.3 Å². The summed E-state index contributed by atoms with van der Waals surface area (Å²) in [6.45, 7) is 0. The Hall–Kier alpha value is -1.54. The summed E-state index contributed by atoms with van der Waals surface area (Å²) in [6.07, 6.45) is 4.29. The summed E-state index contributed by atoms with van der Waals surface area (Å²) in [4.78, 5) is 34.3. The van der Waals surface area contributed by atoms with Gasteiger partial charge in [-0.25, -0.2) is 4.98 Å². The van der Waals surface area contributed by atoms with Crippen LogP contribution in [0, 0.1) is 0 Å². The topological polar surface area (TPSA) is 74.8 Å². The van der Waals surface area contributed by atoms with Gasteiger partial charge >= 0.3 is 0 Å². The molecule has 0 saturated carbocycles. The number of halogens is 2. The molecular weight excluding hydrogens is 437 g/mol. The molecule has 0 atom stereocenters. The SMILES string of the molecule is O=C(CSCc1nc2sc3c(c2c(=O)[nH]1)CCCC3)Nc1cc(Cl)ccc1Cl. The maximum absolute atomic E-state index is 12.5. The van der Waals surface area contributed by atoms with Gasteiger partial charge in [0.25, 0.3) is 5.56 Å². The minimum Gasteiger partial charge on any atom is -0.324 e. The number of amides is 1. The molecule has 3 aromatic rings. The fraction of sp³-hybridized carbons (Fsp3) is 0.316. The first-order valence-electron chi connectivity index (χ1n) is 8.87. The Morgan fingerprint density at radius 1 is 1.29 bits per heavy atom. The van der Waals surface area contributed by atoms with Gasteiger partial charge in [0.15, 0.2) is 0 Å². The van der Waals surface area contributed by atoms with Gasteiger partial charge in [-0.05, 0) is 49.4 Å². The number of hydrogen-bond donors (Lipinski definition) is 2. The number of nitrogens with zero attached hydrogens (tertiary/aromatic N) is 1. The number of aryl methyl sites for hydroxylation is 2. The third-order valence-corrected chi connectivity index (χ3v) is 7.24. The molecule has 28 heavy (non-hydrogen) atoms. The molecule has 1 aromatic carbocycles. The number of nitrogens with one attached hydrogen (secondary N) is 2. The molecule has 4 rings (SSSR count). The molecule has 0 spiro atoms. The van der Waals surface area contributed by atoms with Gasteiger partial charge in [-0.15, -0.1) is 23.1 Å². The van der Waals surface area contributed by atoms with Crippen LogP contribution in [0.2, 0.25) is 10.0 Å². The molecule has 2 N–H and O–H groups in total. The van der Waals surface area contributed by atoms with Crippen molar-refractivity contribution in [3.63, 3.8) is 0 Å². The molecule has 2 aromatic heterocycles. The van der Waals surface area contributed by atoms with Crippen molar-refractivity contribution in [2.24, 2.45) is 0 Å². The monoisotopic (exact) mass is 453 g/mol. The Bertz CT molecular complexity index is 1110. The summed E-state index contributed by atoms with van der Waals surface area (Å²) in [5.74, 6) is 1.06. The summed E-state index contributed by atoms with van der Waals surface area (Å²) in [5, 5.41) is 4.43. The van der Waals surface area contributed by atoms with Gasteiger partial charge in [0.05, 0.1) is 27.6 Å². The first-order chi connectivity index (χ1) is 13.5. The fourth-order valence-corrected chi connectivity index (χ4v) is 5.60. The Kier molecular flexibility index (Phi) is 5.96. The first-order valence-corrected chi connectivity index (χ1v) is 11.6. The second kappa shape index (κ2) is 8.45. The van der Waals surface area contributed by atoms with Crippen LogP contribution in [0.5, 0.6) is 0 Å². The number of anilines is 1. The maximum atomic E-state index is 12.5. The normalized spacial score (nSPS) is 13.5. The van der Waals surface area contributed by atoms with Crippen LogP contribution in [-0.4, -0.2) is 21.6 Å². The van der Waals surface area contributed by atoms with Crippen molar-refractivity contribution < 1.29 is 4.79 Å². The van der Waals surface area contributed by atoms with Crippen LogP contribution < -0.4 is 10.9 Å². The molecule has 146 valence electrons. The highest BCUT2D eigenvalue weighted by Crippen LogP contribution is 2.33. The van der Waals surface area contributed by atoms with Gasteiger partial charge in [-0.3, -0.25) is 9.59 Å². The highest BCUT2D eigenvalue weighted by molar-refractivity contribution is 7.99. The Morgan fingerprint density at radius 2 is 2.11 bits per heavy atom. The van der Waals surface area contributed by atoms with Crippen molar-refractivity contribution >= 4 is 68.1 Å². The lowest BCUT2D eigenvalue weighted by atomic mass is 9.97. The largest absolute Gasteiger partial charge is 0.324 e. The molecule has 1 aliphatic carbocycles. The minimum atomic E-state index is -0.191. The molecule has 0 aliphatic heterocycles. The number of carbonyl (C=O) groups excluding carboxylic acids is 1. The number of rotatable bonds is 5. The number of carbonyl (C=O) groups is 1. The minimum absolute atomic E-state index is 0.0739. The lowest BCUT2D eigenvalue weighted by Crippen LogP contribution is -2.15. The van der Waals surface area contributed by atoms with Crippen molar-refractivity contribution in [2.75, 3.05) is 11.1 Å². The van der Waals surface area contributed by atoms with E-state index in [2.05, 4.69) is 15.3 Å². The third-order valence-electron chi connectivity index (χ3n) is 4.55.